The van der Waals surface area contributed by atoms with E-state index in [0.717, 1.165) is 25.7 Å². The largest absolute Gasteiger partial charge is 0.318 e. The predicted octanol–water partition coefficient (Wildman–Crippen LogP) is 2.61. The minimum absolute atomic E-state index is 0.0264. The van der Waals surface area contributed by atoms with Gasteiger partial charge in [-0.25, -0.2) is 4.98 Å². The molecule has 2 aliphatic heterocycles. The highest BCUT2D eigenvalue weighted by Gasteiger charge is 2.52. The van der Waals surface area contributed by atoms with Gasteiger partial charge in [-0.2, -0.15) is 0 Å². The summed E-state index contributed by atoms with van der Waals surface area (Å²) in [5.41, 5.74) is -0.0961. The van der Waals surface area contributed by atoms with Gasteiger partial charge in [-0.3, -0.25) is 14.2 Å². The van der Waals surface area contributed by atoms with E-state index >= 15 is 0 Å². The molecule has 25 heavy (non-hydrogen) atoms. The molecule has 0 amide bonds. The Morgan fingerprint density at radius 1 is 1.36 bits per heavy atom. The maximum atomic E-state index is 12.7. The lowest BCUT2D eigenvalue weighted by molar-refractivity contribution is 0.0920. The summed E-state index contributed by atoms with van der Waals surface area (Å²) >= 11 is 6.01. The minimum atomic E-state index is -0.618. The first-order valence-electron chi connectivity index (χ1n) is 8.78. The van der Waals surface area contributed by atoms with Crippen molar-refractivity contribution in [2.45, 2.75) is 64.1 Å². The molecule has 0 saturated carbocycles. The molecule has 4 rings (SSSR count). The van der Waals surface area contributed by atoms with Gasteiger partial charge < -0.3 is 10.3 Å². The quantitative estimate of drug-likeness (QED) is 0.764. The van der Waals surface area contributed by atoms with Crippen LogP contribution in [0.25, 0.3) is 11.2 Å². The summed E-state index contributed by atoms with van der Waals surface area (Å²) in [5.74, 6) is 0. The highest BCUT2D eigenvalue weighted by Crippen LogP contribution is 2.49. The van der Waals surface area contributed by atoms with Crippen LogP contribution in [0.1, 0.15) is 52.5 Å². The number of nitrogens with zero attached hydrogens (tertiary/aromatic N) is 2. The molecule has 4 heterocycles. The Balaban J connectivity index is 1.89. The van der Waals surface area contributed by atoms with Gasteiger partial charge >= 0.3 is 11.1 Å². The zero-order valence-corrected chi connectivity index (χ0v) is 15.5. The molecule has 0 unspecified atom stereocenters. The van der Waals surface area contributed by atoms with Crippen molar-refractivity contribution in [2.24, 2.45) is 5.41 Å². The second-order valence-electron chi connectivity index (χ2n) is 8.46. The Kier molecular flexibility index (Phi) is 3.64. The molecule has 2 bridgehead atoms. The van der Waals surface area contributed by atoms with E-state index in [0.29, 0.717) is 22.2 Å². The first-order valence-corrected chi connectivity index (χ1v) is 9.16. The lowest BCUT2D eigenvalue weighted by Gasteiger charge is -2.48. The van der Waals surface area contributed by atoms with Crippen LogP contribution >= 0.6 is 11.6 Å². The molecular weight excluding hydrogens is 340 g/mol. The first-order chi connectivity index (χ1) is 11.7. The van der Waals surface area contributed by atoms with Crippen molar-refractivity contribution in [3.8, 4) is 0 Å². The number of nitrogens with one attached hydrogen (secondary N) is 2. The van der Waals surface area contributed by atoms with Crippen molar-refractivity contribution in [3.05, 3.63) is 38.0 Å². The van der Waals surface area contributed by atoms with Crippen LogP contribution in [0.4, 0.5) is 0 Å². The van der Waals surface area contributed by atoms with E-state index in [1.165, 1.54) is 6.20 Å². The lowest BCUT2D eigenvalue weighted by Crippen LogP contribution is -2.58. The Bertz CT molecular complexity index is 958. The fraction of sp³-hybridized carbons (Fsp3) is 0.611. The molecule has 2 aromatic heterocycles. The zero-order valence-electron chi connectivity index (χ0n) is 14.7. The van der Waals surface area contributed by atoms with Crippen LogP contribution in [0.3, 0.4) is 0 Å². The molecule has 0 spiro atoms. The van der Waals surface area contributed by atoms with Crippen LogP contribution in [-0.2, 0) is 0 Å². The third-order valence-corrected chi connectivity index (χ3v) is 6.27. The van der Waals surface area contributed by atoms with Crippen molar-refractivity contribution in [1.29, 1.82) is 0 Å². The SMILES string of the molecule is CC(C)(C)[C@@]12CC[C@@H](C[C@H](n3c(=O)c(=O)[nH]c4cc(Cl)cnc43)C1)N2. The Hall–Kier alpha value is -1.66. The molecule has 0 aliphatic carbocycles. The van der Waals surface area contributed by atoms with Gasteiger partial charge in [-0.15, -0.1) is 0 Å². The molecule has 2 fully saturated rings. The number of piperidine rings is 1. The van der Waals surface area contributed by atoms with Gasteiger partial charge in [0.05, 0.1) is 10.5 Å². The highest BCUT2D eigenvalue weighted by atomic mass is 35.5. The molecular formula is C18H23ClN4O2. The lowest BCUT2D eigenvalue weighted by atomic mass is 9.68. The van der Waals surface area contributed by atoms with Gasteiger partial charge in [0.2, 0.25) is 0 Å². The number of rotatable bonds is 1. The van der Waals surface area contributed by atoms with Gasteiger partial charge in [-0.05, 0) is 37.2 Å². The molecule has 0 aromatic carbocycles. The van der Waals surface area contributed by atoms with Crippen LogP contribution in [-0.4, -0.2) is 26.1 Å². The predicted molar refractivity (Wildman–Crippen MR) is 98.2 cm³/mol. The van der Waals surface area contributed by atoms with Crippen molar-refractivity contribution >= 4 is 22.8 Å². The second kappa shape index (κ2) is 5.42. The van der Waals surface area contributed by atoms with Crippen LogP contribution in [0, 0.1) is 5.41 Å². The summed E-state index contributed by atoms with van der Waals surface area (Å²) in [6.07, 6.45) is 5.36. The van der Waals surface area contributed by atoms with Gasteiger partial charge in [0.1, 0.15) is 0 Å². The van der Waals surface area contributed by atoms with Crippen LogP contribution in [0.5, 0.6) is 0 Å². The summed E-state index contributed by atoms with van der Waals surface area (Å²) in [4.78, 5) is 31.8. The van der Waals surface area contributed by atoms with E-state index in [2.05, 4.69) is 36.1 Å². The third kappa shape index (κ3) is 2.54. The molecule has 0 radical (unpaired) electrons. The van der Waals surface area contributed by atoms with Crippen molar-refractivity contribution in [2.75, 3.05) is 0 Å². The van der Waals surface area contributed by atoms with E-state index < -0.39 is 11.1 Å². The number of halogens is 1. The van der Waals surface area contributed by atoms with Crippen LogP contribution < -0.4 is 16.4 Å². The summed E-state index contributed by atoms with van der Waals surface area (Å²) in [7, 11) is 0. The van der Waals surface area contributed by atoms with Crippen molar-refractivity contribution in [1.82, 2.24) is 19.9 Å². The number of pyridine rings is 1. The zero-order chi connectivity index (χ0) is 18.0. The summed E-state index contributed by atoms with van der Waals surface area (Å²) in [5, 5.41) is 4.23. The van der Waals surface area contributed by atoms with E-state index in [4.69, 9.17) is 11.6 Å². The Morgan fingerprint density at radius 3 is 2.84 bits per heavy atom. The second-order valence-corrected chi connectivity index (χ2v) is 8.90. The topological polar surface area (TPSA) is 79.8 Å². The standard InChI is InChI=1S/C18H23ClN4O2/c1-17(2,3)18-5-4-11(22-18)7-12(8-18)23-14-13(6-10(19)9-20-14)21-15(24)16(23)25/h6,9,11-12,22H,4-5,7-8H2,1-3H3,(H,21,24)/t11-,12-,18+/m0/s1. The molecule has 2 aliphatic rings. The molecule has 7 heteroatoms. The highest BCUT2D eigenvalue weighted by molar-refractivity contribution is 6.30. The molecule has 134 valence electrons. The molecule has 2 N–H and O–H groups in total. The van der Waals surface area contributed by atoms with E-state index in [1.807, 2.05) is 0 Å². The smallest absolute Gasteiger partial charge is 0.315 e. The van der Waals surface area contributed by atoms with Crippen LogP contribution in [0.2, 0.25) is 5.02 Å². The van der Waals surface area contributed by atoms with Crippen molar-refractivity contribution < 1.29 is 0 Å². The normalized spacial score (nSPS) is 29.3. The van der Waals surface area contributed by atoms with Crippen molar-refractivity contribution in [3.63, 3.8) is 0 Å². The number of fused-ring (bicyclic) bond motifs is 3. The van der Waals surface area contributed by atoms with Gasteiger partial charge in [-0.1, -0.05) is 32.4 Å². The number of H-pyrrole nitrogens is 1. The average Bonchev–Trinajstić information content (AvgIpc) is 2.84. The molecule has 2 saturated heterocycles. The average molecular weight is 363 g/mol. The Labute approximate surface area is 150 Å². The van der Waals surface area contributed by atoms with E-state index in [1.54, 1.807) is 10.6 Å². The molecule has 6 nitrogen and oxygen atoms in total. The molecule has 2 aromatic rings. The summed E-state index contributed by atoms with van der Waals surface area (Å²) < 4.78 is 1.60. The maximum Gasteiger partial charge on any atom is 0.318 e. The summed E-state index contributed by atoms with van der Waals surface area (Å²) in [6.45, 7) is 6.71. The maximum absolute atomic E-state index is 12.7. The number of aromatic nitrogens is 3. The third-order valence-electron chi connectivity index (χ3n) is 6.06. The molecule has 3 atom stereocenters. The summed E-state index contributed by atoms with van der Waals surface area (Å²) in [6, 6.07) is 1.97. The minimum Gasteiger partial charge on any atom is -0.315 e. The number of aromatic amines is 1. The van der Waals surface area contributed by atoms with E-state index in [-0.39, 0.29) is 17.0 Å². The Morgan fingerprint density at radius 2 is 2.12 bits per heavy atom. The van der Waals surface area contributed by atoms with Gasteiger partial charge in [0.25, 0.3) is 0 Å². The van der Waals surface area contributed by atoms with Crippen LogP contribution in [0.15, 0.2) is 21.9 Å². The monoisotopic (exact) mass is 362 g/mol. The fourth-order valence-electron chi connectivity index (χ4n) is 4.64. The fourth-order valence-corrected chi connectivity index (χ4v) is 4.80. The van der Waals surface area contributed by atoms with Gasteiger partial charge in [0.15, 0.2) is 5.65 Å². The number of hydrogen-bond acceptors (Lipinski definition) is 4. The number of hydrogen-bond donors (Lipinski definition) is 2. The van der Waals surface area contributed by atoms with E-state index in [9.17, 15) is 9.59 Å². The van der Waals surface area contributed by atoms with Gasteiger partial charge in [0, 0.05) is 23.8 Å². The first kappa shape index (κ1) is 16.8.